The first-order valence-corrected chi connectivity index (χ1v) is 18.9. The summed E-state index contributed by atoms with van der Waals surface area (Å²) in [6.07, 6.45) is -0.528. The number of nitrogens with two attached hydrogens (primary N) is 1. The van der Waals surface area contributed by atoms with Crippen molar-refractivity contribution in [2.45, 2.75) is 115 Å². The highest BCUT2D eigenvalue weighted by Gasteiger charge is 2.38. The zero-order valence-corrected chi connectivity index (χ0v) is 33.4. The van der Waals surface area contributed by atoms with Crippen molar-refractivity contribution >= 4 is 41.8 Å². The average molecular weight is 797 g/mol. The van der Waals surface area contributed by atoms with Crippen LogP contribution < -0.4 is 31.7 Å². The minimum atomic E-state index is -1.24. The van der Waals surface area contributed by atoms with Gasteiger partial charge in [-0.3, -0.25) is 19.2 Å². The Morgan fingerprint density at radius 1 is 0.789 bits per heavy atom. The summed E-state index contributed by atoms with van der Waals surface area (Å²) in [5, 5.41) is 20.0. The SMILES string of the molecule is CC(C)(C)OC(=O)N[C@@H](Cc1ccc(OC(=O)OC(C)(C)C)cc1)C(=O)N[C@H](CCCN)C(=O)NCC(=O)N[C@@H](Cc1ccccc1)C(=O)N1CCC[C@H]1C(=O)O. The van der Waals surface area contributed by atoms with E-state index in [1.807, 2.05) is 0 Å². The summed E-state index contributed by atoms with van der Waals surface area (Å²) in [5.41, 5.74) is 5.37. The molecule has 0 spiro atoms. The van der Waals surface area contributed by atoms with Gasteiger partial charge in [0.25, 0.3) is 0 Å². The smallest absolute Gasteiger partial charge is 0.480 e. The predicted molar refractivity (Wildman–Crippen MR) is 208 cm³/mol. The Balaban J connectivity index is 1.73. The average Bonchev–Trinajstić information content (AvgIpc) is 3.62. The second-order valence-electron chi connectivity index (χ2n) is 15.7. The van der Waals surface area contributed by atoms with Gasteiger partial charge in [-0.2, -0.15) is 0 Å². The Morgan fingerprint density at radius 3 is 2.00 bits per heavy atom. The maximum atomic E-state index is 13.8. The van der Waals surface area contributed by atoms with Gasteiger partial charge >= 0.3 is 18.2 Å². The Morgan fingerprint density at radius 2 is 1.40 bits per heavy atom. The third-order valence-corrected chi connectivity index (χ3v) is 8.45. The molecular formula is C40H56N6O11. The van der Waals surface area contributed by atoms with Gasteiger partial charge in [-0.15, -0.1) is 0 Å². The molecule has 0 aliphatic carbocycles. The molecule has 0 unspecified atom stereocenters. The summed E-state index contributed by atoms with van der Waals surface area (Å²) in [6, 6.07) is 10.6. The molecule has 2 aromatic rings. The lowest BCUT2D eigenvalue weighted by Crippen LogP contribution is -2.56. The van der Waals surface area contributed by atoms with E-state index in [9.17, 15) is 38.7 Å². The summed E-state index contributed by atoms with van der Waals surface area (Å²) in [5.74, 6) is -3.66. The van der Waals surface area contributed by atoms with Crippen LogP contribution in [0.15, 0.2) is 54.6 Å². The summed E-state index contributed by atoms with van der Waals surface area (Å²) in [6.45, 7) is 9.93. The summed E-state index contributed by atoms with van der Waals surface area (Å²) < 4.78 is 15.8. The highest BCUT2D eigenvalue weighted by atomic mass is 16.7. The lowest BCUT2D eigenvalue weighted by Gasteiger charge is -2.27. The molecule has 1 fully saturated rings. The fourth-order valence-corrected chi connectivity index (χ4v) is 5.89. The zero-order valence-electron chi connectivity index (χ0n) is 33.4. The molecule has 5 amide bonds. The van der Waals surface area contributed by atoms with Crippen LogP contribution in [0.1, 0.15) is 78.4 Å². The second kappa shape index (κ2) is 21.0. The number of alkyl carbamates (subject to hydrolysis) is 1. The number of hydrogen-bond donors (Lipinski definition) is 6. The van der Waals surface area contributed by atoms with E-state index in [2.05, 4.69) is 21.3 Å². The van der Waals surface area contributed by atoms with E-state index in [1.54, 1.807) is 84.0 Å². The first-order valence-electron chi connectivity index (χ1n) is 18.9. The van der Waals surface area contributed by atoms with Gasteiger partial charge in [-0.1, -0.05) is 42.5 Å². The molecule has 7 N–H and O–H groups in total. The van der Waals surface area contributed by atoms with E-state index in [1.165, 1.54) is 17.0 Å². The summed E-state index contributed by atoms with van der Waals surface area (Å²) in [4.78, 5) is 92.0. The van der Waals surface area contributed by atoms with Crippen LogP contribution in [0.25, 0.3) is 0 Å². The lowest BCUT2D eigenvalue weighted by molar-refractivity contribution is -0.149. The number of carboxylic acids is 1. The molecule has 1 saturated heterocycles. The molecule has 312 valence electrons. The van der Waals surface area contributed by atoms with Gasteiger partial charge in [-0.05, 0) is 97.0 Å². The number of aliphatic carboxylic acids is 1. The highest BCUT2D eigenvalue weighted by molar-refractivity contribution is 5.95. The van der Waals surface area contributed by atoms with Crippen LogP contribution in [-0.4, -0.2) is 107 Å². The van der Waals surface area contributed by atoms with Crippen molar-refractivity contribution in [1.29, 1.82) is 0 Å². The van der Waals surface area contributed by atoms with Crippen molar-refractivity contribution in [3.8, 4) is 5.75 Å². The van der Waals surface area contributed by atoms with Crippen LogP contribution in [0.4, 0.5) is 9.59 Å². The Kier molecular flexibility index (Phi) is 16.8. The maximum Gasteiger partial charge on any atom is 0.514 e. The summed E-state index contributed by atoms with van der Waals surface area (Å²) >= 11 is 0. The fraction of sp³-hybridized carbons (Fsp3) is 0.525. The van der Waals surface area contributed by atoms with Gasteiger partial charge in [0.15, 0.2) is 0 Å². The van der Waals surface area contributed by atoms with Crippen molar-refractivity contribution < 1.29 is 52.9 Å². The minimum Gasteiger partial charge on any atom is -0.480 e. The van der Waals surface area contributed by atoms with Crippen LogP contribution >= 0.6 is 0 Å². The molecule has 0 radical (unpaired) electrons. The number of rotatable bonds is 17. The van der Waals surface area contributed by atoms with Gasteiger partial charge in [0.05, 0.1) is 6.54 Å². The van der Waals surface area contributed by atoms with Gasteiger partial charge in [0, 0.05) is 19.4 Å². The maximum absolute atomic E-state index is 13.8. The van der Waals surface area contributed by atoms with E-state index in [-0.39, 0.29) is 38.1 Å². The molecule has 57 heavy (non-hydrogen) atoms. The van der Waals surface area contributed by atoms with Gasteiger partial charge < -0.3 is 51.2 Å². The van der Waals surface area contributed by atoms with Crippen LogP contribution in [0.3, 0.4) is 0 Å². The van der Waals surface area contributed by atoms with Gasteiger partial charge in [0.1, 0.15) is 41.1 Å². The molecule has 3 rings (SSSR count). The van der Waals surface area contributed by atoms with E-state index in [4.69, 9.17) is 19.9 Å². The minimum absolute atomic E-state index is 0.0536. The number of carbonyl (C=O) groups is 7. The van der Waals surface area contributed by atoms with Crippen molar-refractivity contribution in [2.24, 2.45) is 5.73 Å². The molecule has 0 saturated carbocycles. The van der Waals surface area contributed by atoms with Crippen molar-refractivity contribution in [3.05, 3.63) is 65.7 Å². The Labute approximate surface area is 332 Å². The second-order valence-corrected chi connectivity index (χ2v) is 15.7. The molecule has 17 heteroatoms. The predicted octanol–water partition coefficient (Wildman–Crippen LogP) is 2.58. The number of nitrogens with one attached hydrogen (secondary N) is 4. The molecule has 1 aliphatic heterocycles. The molecule has 0 aromatic heterocycles. The normalized spacial score (nSPS) is 15.6. The van der Waals surface area contributed by atoms with E-state index >= 15 is 0 Å². The standard InChI is InChI=1S/C40H56N6O11/c1-39(2,3)56-37(53)45-29(22-26-16-18-27(19-17-26)55-38(54)57-40(4,5)6)34(49)44-28(14-10-20-41)33(48)42-24-32(47)43-30(23-25-12-8-7-9-13-25)35(50)46-21-11-15-31(46)36(51)52/h7-9,12-13,16-19,28-31H,10-11,14-15,20-24,41H2,1-6H3,(H,42,48)(H,43,47)(H,44,49)(H,45,53)(H,51,52)/t28-,29+,30+,31+/m1/s1. The Hall–Kier alpha value is -5.71. The molecule has 17 nitrogen and oxygen atoms in total. The third kappa shape index (κ3) is 16.1. The van der Waals surface area contributed by atoms with Crippen molar-refractivity contribution in [1.82, 2.24) is 26.2 Å². The number of benzene rings is 2. The molecule has 0 bridgehead atoms. The lowest BCUT2D eigenvalue weighted by atomic mass is 10.0. The number of ether oxygens (including phenoxy) is 3. The van der Waals surface area contributed by atoms with E-state index in [0.29, 0.717) is 24.8 Å². The van der Waals surface area contributed by atoms with Crippen LogP contribution in [0.5, 0.6) is 5.75 Å². The number of amides is 5. The quantitative estimate of drug-likeness (QED) is 0.1000. The highest BCUT2D eigenvalue weighted by Crippen LogP contribution is 2.20. The molecule has 1 aliphatic rings. The Bertz CT molecular complexity index is 1710. The fourth-order valence-electron chi connectivity index (χ4n) is 5.89. The van der Waals surface area contributed by atoms with Crippen LogP contribution in [0, 0.1) is 0 Å². The number of carboxylic acid groups (broad SMARTS) is 1. The molecule has 1 heterocycles. The van der Waals surface area contributed by atoms with E-state index < -0.39 is 83.8 Å². The third-order valence-electron chi connectivity index (χ3n) is 8.45. The zero-order chi connectivity index (χ0) is 42.3. The number of likely N-dealkylation sites (tertiary alicyclic amines) is 1. The topological polar surface area (TPSA) is 245 Å². The molecular weight excluding hydrogens is 740 g/mol. The van der Waals surface area contributed by atoms with Crippen molar-refractivity contribution in [3.63, 3.8) is 0 Å². The first-order chi connectivity index (χ1) is 26.7. The van der Waals surface area contributed by atoms with Crippen LogP contribution in [0.2, 0.25) is 0 Å². The van der Waals surface area contributed by atoms with Crippen molar-refractivity contribution in [2.75, 3.05) is 19.6 Å². The van der Waals surface area contributed by atoms with Crippen LogP contribution in [-0.2, 0) is 46.3 Å². The van der Waals surface area contributed by atoms with E-state index in [0.717, 1.165) is 5.56 Å². The number of nitrogens with zero attached hydrogens (tertiary/aromatic N) is 1. The molecule has 2 aromatic carbocycles. The van der Waals surface area contributed by atoms with Gasteiger partial charge in [-0.25, -0.2) is 14.4 Å². The molecule has 4 atom stereocenters. The summed E-state index contributed by atoms with van der Waals surface area (Å²) in [7, 11) is 0. The first kappa shape index (κ1) is 45.7. The largest absolute Gasteiger partial charge is 0.514 e. The monoisotopic (exact) mass is 796 g/mol. The number of hydrogen-bond acceptors (Lipinski definition) is 11. The van der Waals surface area contributed by atoms with Gasteiger partial charge in [0.2, 0.25) is 23.6 Å². The number of carbonyl (C=O) groups excluding carboxylic acids is 6.